The number of esters is 1. The Kier molecular flexibility index (Phi) is 3.71. The van der Waals surface area contributed by atoms with Crippen molar-refractivity contribution in [1.82, 2.24) is 0 Å². The topological polar surface area (TPSA) is 48.7 Å². The van der Waals surface area contributed by atoms with Gasteiger partial charge in [-0.2, -0.15) is 0 Å². The Bertz CT molecular complexity index is 314. The van der Waals surface area contributed by atoms with Gasteiger partial charge in [0.1, 0.15) is 6.61 Å². The lowest BCUT2D eigenvalue weighted by molar-refractivity contribution is 0.0353. The molecule has 0 amide bonds. The quantitative estimate of drug-likeness (QED) is 0.545. The first-order valence-electron chi connectivity index (χ1n) is 4.37. The predicted molar refractivity (Wildman–Crippen MR) is 50.3 cm³/mol. The van der Waals surface area contributed by atoms with Crippen molar-refractivity contribution in [3.8, 4) is 0 Å². The molecule has 1 aromatic heterocycles. The van der Waals surface area contributed by atoms with Crippen LogP contribution < -0.4 is 0 Å². The summed E-state index contributed by atoms with van der Waals surface area (Å²) >= 11 is 0. The molecule has 0 atom stereocenters. The third-order valence-electron chi connectivity index (χ3n) is 1.99. The number of methoxy groups -OCH3 is 1. The van der Waals surface area contributed by atoms with E-state index in [1.165, 1.54) is 0 Å². The van der Waals surface area contributed by atoms with Crippen molar-refractivity contribution >= 4 is 5.97 Å². The molecule has 1 aromatic rings. The first kappa shape index (κ1) is 10.8. The summed E-state index contributed by atoms with van der Waals surface area (Å²) in [4.78, 5) is 11.4. The molecule has 0 aliphatic carbocycles. The fourth-order valence-electron chi connectivity index (χ4n) is 0.988. The van der Waals surface area contributed by atoms with E-state index in [2.05, 4.69) is 0 Å². The van der Waals surface area contributed by atoms with Gasteiger partial charge in [0.05, 0.1) is 12.9 Å². The van der Waals surface area contributed by atoms with Gasteiger partial charge in [0.25, 0.3) is 0 Å². The number of carbonyl (C=O) groups excluding carboxylic acids is 1. The molecule has 0 spiro atoms. The van der Waals surface area contributed by atoms with Gasteiger partial charge in [-0.3, -0.25) is 0 Å². The van der Waals surface area contributed by atoms with Crippen molar-refractivity contribution in [3.05, 3.63) is 23.2 Å². The van der Waals surface area contributed by atoms with Crippen LogP contribution in [0, 0.1) is 13.8 Å². The fraction of sp³-hybridized carbons (Fsp3) is 0.500. The minimum absolute atomic E-state index is 0.245. The summed E-state index contributed by atoms with van der Waals surface area (Å²) < 4.78 is 14.7. The molecule has 0 saturated carbocycles. The summed E-state index contributed by atoms with van der Waals surface area (Å²) in [7, 11) is 1.55. The number of hydrogen-bond acceptors (Lipinski definition) is 4. The number of ether oxygens (including phenoxy) is 2. The smallest absolute Gasteiger partial charge is 0.374 e. The van der Waals surface area contributed by atoms with Crippen molar-refractivity contribution in [1.29, 1.82) is 0 Å². The standard InChI is InChI=1S/C10H14O4/c1-7-6-14-9(8(7)2)10(11)13-5-4-12-3/h6H,4-5H2,1-3H3. The molecule has 4 heteroatoms. The molecule has 4 nitrogen and oxygen atoms in total. The molecular formula is C10H14O4. The van der Waals surface area contributed by atoms with Gasteiger partial charge in [0, 0.05) is 12.7 Å². The molecule has 0 aliphatic heterocycles. The zero-order chi connectivity index (χ0) is 10.6. The maximum atomic E-state index is 11.4. The predicted octanol–water partition coefficient (Wildman–Crippen LogP) is 1.70. The Hall–Kier alpha value is -1.29. The van der Waals surface area contributed by atoms with E-state index >= 15 is 0 Å². The molecule has 1 heterocycles. The van der Waals surface area contributed by atoms with Crippen molar-refractivity contribution in [2.75, 3.05) is 20.3 Å². The minimum Gasteiger partial charge on any atom is -0.457 e. The highest BCUT2D eigenvalue weighted by atomic mass is 16.6. The lowest BCUT2D eigenvalue weighted by Gasteiger charge is -2.01. The van der Waals surface area contributed by atoms with Gasteiger partial charge in [-0.25, -0.2) is 4.79 Å². The van der Waals surface area contributed by atoms with Crippen molar-refractivity contribution in [2.24, 2.45) is 0 Å². The first-order valence-corrected chi connectivity index (χ1v) is 4.37. The minimum atomic E-state index is -0.437. The lowest BCUT2D eigenvalue weighted by Crippen LogP contribution is -2.10. The van der Waals surface area contributed by atoms with Crippen molar-refractivity contribution in [2.45, 2.75) is 13.8 Å². The van der Waals surface area contributed by atoms with E-state index in [0.717, 1.165) is 11.1 Å². The van der Waals surface area contributed by atoms with Crippen LogP contribution in [0.1, 0.15) is 21.7 Å². The van der Waals surface area contributed by atoms with Crippen LogP contribution in [0.4, 0.5) is 0 Å². The third-order valence-corrected chi connectivity index (χ3v) is 1.99. The van der Waals surface area contributed by atoms with Crippen LogP contribution in [0.5, 0.6) is 0 Å². The monoisotopic (exact) mass is 198 g/mol. The van der Waals surface area contributed by atoms with Crippen molar-refractivity contribution < 1.29 is 18.7 Å². The molecule has 0 fully saturated rings. The number of hydrogen-bond donors (Lipinski definition) is 0. The Balaban J connectivity index is 2.56. The second kappa shape index (κ2) is 4.81. The second-order valence-electron chi connectivity index (χ2n) is 3.00. The third kappa shape index (κ3) is 2.35. The van der Waals surface area contributed by atoms with E-state index < -0.39 is 5.97 Å². The van der Waals surface area contributed by atoms with E-state index in [-0.39, 0.29) is 12.4 Å². The van der Waals surface area contributed by atoms with Crippen LogP contribution in [-0.4, -0.2) is 26.3 Å². The molecule has 14 heavy (non-hydrogen) atoms. The van der Waals surface area contributed by atoms with E-state index in [1.807, 2.05) is 13.8 Å². The molecule has 0 aromatic carbocycles. The highest BCUT2D eigenvalue weighted by Crippen LogP contribution is 2.15. The zero-order valence-corrected chi connectivity index (χ0v) is 8.62. The van der Waals surface area contributed by atoms with Crippen LogP contribution in [0.2, 0.25) is 0 Å². The van der Waals surface area contributed by atoms with Gasteiger partial charge in [0.2, 0.25) is 5.76 Å². The van der Waals surface area contributed by atoms with Crippen LogP contribution >= 0.6 is 0 Å². The fourth-order valence-corrected chi connectivity index (χ4v) is 0.988. The van der Waals surface area contributed by atoms with Crippen LogP contribution in [0.25, 0.3) is 0 Å². The summed E-state index contributed by atoms with van der Waals surface area (Å²) in [6.45, 7) is 4.34. The van der Waals surface area contributed by atoms with Gasteiger partial charge in [-0.05, 0) is 19.4 Å². The number of rotatable bonds is 4. The largest absolute Gasteiger partial charge is 0.457 e. The number of furan rings is 1. The first-order chi connectivity index (χ1) is 6.66. The van der Waals surface area contributed by atoms with E-state index in [0.29, 0.717) is 6.61 Å². The Labute approximate surface area is 82.8 Å². The van der Waals surface area contributed by atoms with E-state index in [9.17, 15) is 4.79 Å². The summed E-state index contributed by atoms with van der Waals surface area (Å²) in [6.07, 6.45) is 1.54. The average Bonchev–Trinajstić information content (AvgIpc) is 2.48. The molecule has 0 N–H and O–H groups in total. The van der Waals surface area contributed by atoms with Gasteiger partial charge >= 0.3 is 5.97 Å². The molecular weight excluding hydrogens is 184 g/mol. The van der Waals surface area contributed by atoms with Crippen molar-refractivity contribution in [3.63, 3.8) is 0 Å². The van der Waals surface area contributed by atoms with Gasteiger partial charge in [-0.15, -0.1) is 0 Å². The van der Waals surface area contributed by atoms with E-state index in [1.54, 1.807) is 13.4 Å². The highest BCUT2D eigenvalue weighted by Gasteiger charge is 2.15. The molecule has 0 aliphatic rings. The van der Waals surface area contributed by atoms with Gasteiger partial charge in [-0.1, -0.05) is 0 Å². The molecule has 0 unspecified atom stereocenters. The van der Waals surface area contributed by atoms with Gasteiger partial charge < -0.3 is 13.9 Å². The lowest BCUT2D eigenvalue weighted by atomic mass is 10.2. The molecule has 1 rings (SSSR count). The molecule has 0 saturated heterocycles. The zero-order valence-electron chi connectivity index (χ0n) is 8.62. The van der Waals surface area contributed by atoms with Crippen LogP contribution in [-0.2, 0) is 9.47 Å². The number of aryl methyl sites for hydroxylation is 1. The number of carbonyl (C=O) groups is 1. The molecule has 0 radical (unpaired) electrons. The van der Waals surface area contributed by atoms with Crippen LogP contribution in [0.3, 0.4) is 0 Å². The Morgan fingerprint density at radius 1 is 1.43 bits per heavy atom. The maximum absolute atomic E-state index is 11.4. The SMILES string of the molecule is COCCOC(=O)c1occ(C)c1C. The maximum Gasteiger partial charge on any atom is 0.374 e. The summed E-state index contributed by atoms with van der Waals surface area (Å²) in [6, 6.07) is 0. The molecule has 78 valence electrons. The average molecular weight is 198 g/mol. The van der Waals surface area contributed by atoms with Crippen LogP contribution in [0.15, 0.2) is 10.7 Å². The normalized spacial score (nSPS) is 10.2. The summed E-state index contributed by atoms with van der Waals surface area (Å²) in [5, 5.41) is 0. The van der Waals surface area contributed by atoms with E-state index in [4.69, 9.17) is 13.9 Å². The Morgan fingerprint density at radius 3 is 2.64 bits per heavy atom. The Morgan fingerprint density at radius 2 is 2.14 bits per heavy atom. The highest BCUT2D eigenvalue weighted by molar-refractivity contribution is 5.88. The molecule has 0 bridgehead atoms. The van der Waals surface area contributed by atoms with Gasteiger partial charge in [0.15, 0.2) is 0 Å². The summed E-state index contributed by atoms with van der Waals surface area (Å²) in [5.74, 6) is -0.161. The summed E-state index contributed by atoms with van der Waals surface area (Å²) in [5.41, 5.74) is 1.77. The second-order valence-corrected chi connectivity index (χ2v) is 3.00.